The van der Waals surface area contributed by atoms with Crippen molar-refractivity contribution in [3.05, 3.63) is 65.7 Å². The summed E-state index contributed by atoms with van der Waals surface area (Å²) in [6, 6.07) is 18.7. The van der Waals surface area contributed by atoms with Crippen LogP contribution >= 0.6 is 0 Å². The van der Waals surface area contributed by atoms with Crippen LogP contribution < -0.4 is 4.74 Å². The lowest BCUT2D eigenvalue weighted by atomic mass is 9.90. The van der Waals surface area contributed by atoms with Crippen LogP contribution in [0.25, 0.3) is 0 Å². The third-order valence-corrected chi connectivity index (χ3v) is 5.34. The molecule has 1 unspecified atom stereocenters. The van der Waals surface area contributed by atoms with E-state index in [2.05, 4.69) is 36.1 Å². The zero-order chi connectivity index (χ0) is 22.3. The second-order valence-corrected chi connectivity index (χ2v) is 9.20. The highest BCUT2D eigenvalue weighted by molar-refractivity contribution is 7.85. The third kappa shape index (κ3) is 6.51. The molecular weight excluding hydrogens is 418 g/mol. The van der Waals surface area contributed by atoms with Crippen molar-refractivity contribution in [2.45, 2.75) is 38.2 Å². The van der Waals surface area contributed by atoms with E-state index in [0.29, 0.717) is 26.1 Å². The molecule has 0 spiro atoms. The Hall–Kier alpha value is -1.97. The minimum Gasteiger partial charge on any atom is -0.489 e. The Bertz CT molecular complexity index is 899. The molecule has 2 heterocycles. The van der Waals surface area contributed by atoms with E-state index in [1.807, 2.05) is 30.3 Å². The number of benzene rings is 2. The summed E-state index contributed by atoms with van der Waals surface area (Å²) >= 11 is 0. The number of nitrogens with zero attached hydrogens (tertiary/aromatic N) is 1. The summed E-state index contributed by atoms with van der Waals surface area (Å²) in [7, 11) is -3.67. The van der Waals surface area contributed by atoms with Crippen LogP contribution in [0.4, 0.5) is 0 Å². The van der Waals surface area contributed by atoms with Gasteiger partial charge in [0.1, 0.15) is 12.4 Å². The van der Waals surface area contributed by atoms with Crippen LogP contribution in [0.3, 0.4) is 0 Å². The number of morpholine rings is 2. The number of ether oxygens (including phenoxy) is 3. The van der Waals surface area contributed by atoms with Crippen LogP contribution in [0.5, 0.6) is 5.75 Å². The van der Waals surface area contributed by atoms with Gasteiger partial charge in [-0.3, -0.25) is 9.45 Å². The smallest absolute Gasteiger partial charge is 0.261 e. The van der Waals surface area contributed by atoms with Gasteiger partial charge >= 0.3 is 0 Å². The molecule has 1 atom stereocenters. The van der Waals surface area contributed by atoms with Crippen molar-refractivity contribution in [1.82, 2.24) is 4.90 Å². The third-order valence-electron chi connectivity index (χ3n) is 5.34. The minimum atomic E-state index is -3.67. The summed E-state index contributed by atoms with van der Waals surface area (Å²) < 4.78 is 44.3. The molecule has 0 aliphatic carbocycles. The molecular formula is C23H31NO6S. The van der Waals surface area contributed by atoms with Crippen molar-refractivity contribution in [3.8, 4) is 5.75 Å². The fraction of sp³-hybridized carbons (Fsp3) is 0.478. The standard InChI is InChI=1S/C22H27NO3.CH4O3S/c1-2-6-21-22(25-15-13-23(21)14-16-26-22)19-9-11-20(12-10-19)24-17-18-7-4-3-5-8-18;1-5(2,3)4/h3-5,7-12,21H,2,6,13-17H2,1H3;1H3,(H,2,3,4). The molecule has 0 saturated carbocycles. The van der Waals surface area contributed by atoms with Crippen LogP contribution in [0.1, 0.15) is 30.9 Å². The molecule has 170 valence electrons. The van der Waals surface area contributed by atoms with Gasteiger partial charge in [-0.05, 0) is 36.2 Å². The fourth-order valence-electron chi connectivity index (χ4n) is 4.06. The number of fused-ring (bicyclic) bond motifs is 2. The van der Waals surface area contributed by atoms with Gasteiger partial charge in [0, 0.05) is 18.7 Å². The van der Waals surface area contributed by atoms with Crippen molar-refractivity contribution in [1.29, 1.82) is 0 Å². The SMILES string of the molecule is CCCC1N2CCOC1(c1ccc(OCc3ccccc3)cc1)OCC2.CS(=O)(=O)O. The van der Waals surface area contributed by atoms with Gasteiger partial charge in [0.2, 0.25) is 5.79 Å². The Morgan fingerprint density at radius 3 is 2.19 bits per heavy atom. The maximum Gasteiger partial charge on any atom is 0.261 e. The first-order valence-electron chi connectivity index (χ1n) is 10.5. The van der Waals surface area contributed by atoms with Gasteiger partial charge in [-0.2, -0.15) is 8.42 Å². The van der Waals surface area contributed by atoms with E-state index in [4.69, 9.17) is 18.8 Å². The molecule has 2 aromatic rings. The van der Waals surface area contributed by atoms with Gasteiger partial charge in [-0.15, -0.1) is 0 Å². The summed E-state index contributed by atoms with van der Waals surface area (Å²) in [6.07, 6.45) is 2.91. The lowest BCUT2D eigenvalue weighted by Crippen LogP contribution is -2.63. The first-order valence-corrected chi connectivity index (χ1v) is 12.4. The highest BCUT2D eigenvalue weighted by atomic mass is 32.2. The van der Waals surface area contributed by atoms with E-state index in [-0.39, 0.29) is 6.04 Å². The molecule has 2 aliphatic heterocycles. The van der Waals surface area contributed by atoms with Crippen LogP contribution in [-0.2, 0) is 32.0 Å². The molecule has 4 rings (SSSR count). The fourth-order valence-corrected chi connectivity index (χ4v) is 4.06. The molecule has 2 saturated heterocycles. The second kappa shape index (κ2) is 10.6. The Labute approximate surface area is 184 Å². The average molecular weight is 450 g/mol. The molecule has 0 radical (unpaired) electrons. The van der Waals surface area contributed by atoms with Gasteiger partial charge in [-0.1, -0.05) is 43.7 Å². The normalized spacial score (nSPS) is 25.3. The van der Waals surface area contributed by atoms with E-state index >= 15 is 0 Å². The molecule has 2 aromatic carbocycles. The van der Waals surface area contributed by atoms with Gasteiger partial charge in [0.25, 0.3) is 10.1 Å². The average Bonchev–Trinajstić information content (AvgIpc) is 2.73. The minimum absolute atomic E-state index is 0.283. The van der Waals surface area contributed by atoms with Crippen molar-refractivity contribution in [2.75, 3.05) is 32.6 Å². The summed E-state index contributed by atoms with van der Waals surface area (Å²) in [5.74, 6) is 0.231. The first kappa shape index (κ1) is 23.7. The maximum absolute atomic E-state index is 9.19. The molecule has 0 amide bonds. The zero-order valence-corrected chi connectivity index (χ0v) is 18.9. The predicted molar refractivity (Wildman–Crippen MR) is 119 cm³/mol. The maximum atomic E-state index is 9.19. The number of rotatable bonds is 6. The lowest BCUT2D eigenvalue weighted by molar-refractivity contribution is -0.330. The molecule has 7 nitrogen and oxygen atoms in total. The molecule has 2 bridgehead atoms. The largest absolute Gasteiger partial charge is 0.489 e. The second-order valence-electron chi connectivity index (χ2n) is 7.74. The summed E-state index contributed by atoms with van der Waals surface area (Å²) in [6.45, 7) is 6.21. The lowest BCUT2D eigenvalue weighted by Gasteiger charge is -2.53. The quantitative estimate of drug-likeness (QED) is 0.676. The zero-order valence-electron chi connectivity index (χ0n) is 18.1. The molecule has 0 aromatic heterocycles. The Morgan fingerprint density at radius 2 is 1.65 bits per heavy atom. The van der Waals surface area contributed by atoms with Crippen molar-refractivity contribution in [2.24, 2.45) is 0 Å². The number of hydrogen-bond donors (Lipinski definition) is 1. The molecule has 2 fully saturated rings. The Morgan fingerprint density at radius 1 is 1.06 bits per heavy atom. The summed E-state index contributed by atoms with van der Waals surface area (Å²) in [4.78, 5) is 2.52. The van der Waals surface area contributed by atoms with E-state index in [1.54, 1.807) is 0 Å². The van der Waals surface area contributed by atoms with E-state index in [9.17, 15) is 8.42 Å². The Balaban J connectivity index is 0.000000491. The van der Waals surface area contributed by atoms with Crippen molar-refractivity contribution >= 4 is 10.1 Å². The van der Waals surface area contributed by atoms with E-state index < -0.39 is 15.9 Å². The molecule has 2 aliphatic rings. The van der Waals surface area contributed by atoms with Crippen LogP contribution in [0.2, 0.25) is 0 Å². The van der Waals surface area contributed by atoms with Gasteiger partial charge in [0.05, 0.1) is 25.5 Å². The van der Waals surface area contributed by atoms with E-state index in [1.165, 1.54) is 5.56 Å². The van der Waals surface area contributed by atoms with Crippen molar-refractivity contribution < 1.29 is 27.2 Å². The molecule has 8 heteroatoms. The van der Waals surface area contributed by atoms with E-state index in [0.717, 1.165) is 37.2 Å². The monoisotopic (exact) mass is 449 g/mol. The highest BCUT2D eigenvalue weighted by Gasteiger charge is 2.50. The predicted octanol–water partition coefficient (Wildman–Crippen LogP) is 3.45. The van der Waals surface area contributed by atoms with Crippen LogP contribution in [-0.4, -0.2) is 56.5 Å². The van der Waals surface area contributed by atoms with Crippen molar-refractivity contribution in [3.63, 3.8) is 0 Å². The molecule has 1 N–H and O–H groups in total. The summed E-state index contributed by atoms with van der Waals surface area (Å²) in [5, 5.41) is 0. The van der Waals surface area contributed by atoms with Gasteiger partial charge in [-0.25, -0.2) is 0 Å². The van der Waals surface area contributed by atoms with Crippen LogP contribution in [0.15, 0.2) is 54.6 Å². The van der Waals surface area contributed by atoms with Crippen LogP contribution in [0, 0.1) is 0 Å². The first-order chi connectivity index (χ1) is 14.8. The topological polar surface area (TPSA) is 85.3 Å². The molecule has 31 heavy (non-hydrogen) atoms. The number of hydrogen-bond acceptors (Lipinski definition) is 6. The van der Waals surface area contributed by atoms with Gasteiger partial charge in [0.15, 0.2) is 0 Å². The Kier molecular flexibility index (Phi) is 8.07. The highest BCUT2D eigenvalue weighted by Crippen LogP contribution is 2.41. The van der Waals surface area contributed by atoms with Gasteiger partial charge < -0.3 is 14.2 Å². The summed E-state index contributed by atoms with van der Waals surface area (Å²) in [5.41, 5.74) is 2.26.